The third-order valence-electron chi connectivity index (χ3n) is 2.70. The van der Waals surface area contributed by atoms with Crippen molar-refractivity contribution in [1.29, 1.82) is 0 Å². The fourth-order valence-electron chi connectivity index (χ4n) is 1.99. The SMILES string of the molecule is C[N+]1(CC(Br)CBr)CCCCC1. The Morgan fingerprint density at radius 2 is 1.83 bits per heavy atom. The summed E-state index contributed by atoms with van der Waals surface area (Å²) in [6.07, 6.45) is 4.27. The van der Waals surface area contributed by atoms with Crippen LogP contribution in [0, 0.1) is 0 Å². The van der Waals surface area contributed by atoms with Crippen LogP contribution in [0.25, 0.3) is 0 Å². The Morgan fingerprint density at radius 1 is 1.25 bits per heavy atom. The molecule has 3 heteroatoms. The van der Waals surface area contributed by atoms with Crippen LogP contribution in [0.5, 0.6) is 0 Å². The highest BCUT2D eigenvalue weighted by atomic mass is 79.9. The van der Waals surface area contributed by atoms with Crippen LogP contribution in [0.15, 0.2) is 0 Å². The van der Waals surface area contributed by atoms with Gasteiger partial charge in [0.15, 0.2) is 0 Å². The maximum atomic E-state index is 3.69. The Morgan fingerprint density at radius 3 is 2.33 bits per heavy atom. The van der Waals surface area contributed by atoms with Crippen molar-refractivity contribution in [2.75, 3.05) is 32.0 Å². The van der Waals surface area contributed by atoms with Crippen molar-refractivity contribution in [3.63, 3.8) is 0 Å². The van der Waals surface area contributed by atoms with Gasteiger partial charge in [0.1, 0.15) is 0 Å². The smallest absolute Gasteiger partial charge is 0.0919 e. The summed E-state index contributed by atoms with van der Waals surface area (Å²) in [5.41, 5.74) is 0. The van der Waals surface area contributed by atoms with Crippen LogP contribution in [0.2, 0.25) is 0 Å². The molecule has 1 aliphatic heterocycles. The van der Waals surface area contributed by atoms with Crippen LogP contribution in [-0.4, -0.2) is 41.3 Å². The predicted molar refractivity (Wildman–Crippen MR) is 61.1 cm³/mol. The highest BCUT2D eigenvalue weighted by Gasteiger charge is 2.26. The van der Waals surface area contributed by atoms with E-state index in [-0.39, 0.29) is 0 Å². The summed E-state index contributed by atoms with van der Waals surface area (Å²) < 4.78 is 1.27. The van der Waals surface area contributed by atoms with Crippen molar-refractivity contribution in [3.8, 4) is 0 Å². The van der Waals surface area contributed by atoms with E-state index in [9.17, 15) is 0 Å². The number of rotatable bonds is 3. The van der Waals surface area contributed by atoms with Crippen LogP contribution < -0.4 is 0 Å². The molecule has 0 aliphatic carbocycles. The molecule has 1 aliphatic rings. The average molecular weight is 300 g/mol. The molecular formula is C9H18Br2N+. The molecule has 1 unspecified atom stereocenters. The van der Waals surface area contributed by atoms with Crippen LogP contribution in [-0.2, 0) is 0 Å². The van der Waals surface area contributed by atoms with Gasteiger partial charge >= 0.3 is 0 Å². The number of halogens is 2. The van der Waals surface area contributed by atoms with Gasteiger partial charge < -0.3 is 4.48 Å². The van der Waals surface area contributed by atoms with Crippen molar-refractivity contribution in [2.24, 2.45) is 0 Å². The van der Waals surface area contributed by atoms with Gasteiger partial charge in [-0.2, -0.15) is 0 Å². The van der Waals surface area contributed by atoms with Gasteiger partial charge in [-0.15, -0.1) is 0 Å². The van der Waals surface area contributed by atoms with E-state index in [0.29, 0.717) is 4.83 Å². The molecule has 1 rings (SSSR count). The first kappa shape index (κ1) is 11.0. The highest BCUT2D eigenvalue weighted by molar-refractivity contribution is 9.12. The molecule has 0 amide bonds. The van der Waals surface area contributed by atoms with E-state index in [1.165, 1.54) is 43.4 Å². The van der Waals surface area contributed by atoms with Crippen molar-refractivity contribution in [2.45, 2.75) is 24.1 Å². The van der Waals surface area contributed by atoms with Crippen LogP contribution in [0.3, 0.4) is 0 Å². The van der Waals surface area contributed by atoms with E-state index in [1.807, 2.05) is 0 Å². The largest absolute Gasteiger partial charge is 0.325 e. The third-order valence-corrected chi connectivity index (χ3v) is 4.97. The Hall–Kier alpha value is 0.920. The highest BCUT2D eigenvalue weighted by Crippen LogP contribution is 2.19. The quantitative estimate of drug-likeness (QED) is 0.555. The number of quaternary nitrogens is 1. The average Bonchev–Trinajstić information content (AvgIpc) is 2.05. The maximum absolute atomic E-state index is 3.69. The molecule has 0 radical (unpaired) electrons. The summed E-state index contributed by atoms with van der Waals surface area (Å²) in [5.74, 6) is 0. The van der Waals surface area contributed by atoms with Crippen LogP contribution >= 0.6 is 31.9 Å². The lowest BCUT2D eigenvalue weighted by Crippen LogP contribution is -2.51. The molecule has 1 nitrogen and oxygen atoms in total. The lowest BCUT2D eigenvalue weighted by molar-refractivity contribution is -0.913. The Balaban J connectivity index is 2.35. The second-order valence-corrected chi connectivity index (χ2v) is 6.00. The minimum atomic E-state index is 0.639. The Labute approximate surface area is 92.4 Å². The summed E-state index contributed by atoms with van der Waals surface area (Å²) in [6, 6.07) is 0. The van der Waals surface area contributed by atoms with Crippen LogP contribution in [0.1, 0.15) is 19.3 Å². The zero-order valence-corrected chi connectivity index (χ0v) is 10.9. The van der Waals surface area contributed by atoms with E-state index in [2.05, 4.69) is 38.9 Å². The van der Waals surface area contributed by atoms with E-state index in [1.54, 1.807) is 0 Å². The molecule has 1 atom stereocenters. The predicted octanol–water partition coefficient (Wildman–Crippen LogP) is 2.78. The fraction of sp³-hybridized carbons (Fsp3) is 1.00. The summed E-state index contributed by atoms with van der Waals surface area (Å²) in [7, 11) is 2.38. The van der Waals surface area contributed by atoms with Crippen molar-refractivity contribution >= 4 is 31.9 Å². The van der Waals surface area contributed by atoms with E-state index in [0.717, 1.165) is 5.33 Å². The topological polar surface area (TPSA) is 0 Å². The summed E-state index contributed by atoms with van der Waals surface area (Å²) in [5, 5.41) is 1.07. The van der Waals surface area contributed by atoms with Gasteiger partial charge in [-0.05, 0) is 19.3 Å². The zero-order chi connectivity index (χ0) is 9.03. The first-order chi connectivity index (χ1) is 5.66. The lowest BCUT2D eigenvalue weighted by Gasteiger charge is -2.38. The molecule has 0 spiro atoms. The number of likely N-dealkylation sites (tertiary alicyclic amines) is 1. The summed E-state index contributed by atoms with van der Waals surface area (Å²) in [4.78, 5) is 0.639. The van der Waals surface area contributed by atoms with Crippen LogP contribution in [0.4, 0.5) is 0 Å². The molecule has 1 fully saturated rings. The second kappa shape index (κ2) is 4.97. The maximum Gasteiger partial charge on any atom is 0.0919 e. The van der Waals surface area contributed by atoms with E-state index < -0.39 is 0 Å². The molecule has 1 heterocycles. The fourth-order valence-corrected chi connectivity index (χ4v) is 2.89. The van der Waals surface area contributed by atoms with Gasteiger partial charge in [0.25, 0.3) is 0 Å². The zero-order valence-electron chi connectivity index (χ0n) is 7.73. The monoisotopic (exact) mass is 298 g/mol. The lowest BCUT2D eigenvalue weighted by atomic mass is 10.1. The van der Waals surface area contributed by atoms with Gasteiger partial charge in [-0.25, -0.2) is 0 Å². The summed E-state index contributed by atoms with van der Waals surface area (Å²) in [6.45, 7) is 4.01. The number of alkyl halides is 2. The molecule has 72 valence electrons. The second-order valence-electron chi connectivity index (χ2n) is 4.06. The first-order valence-corrected chi connectivity index (χ1v) is 6.74. The molecule has 0 aromatic heterocycles. The molecule has 0 bridgehead atoms. The minimum absolute atomic E-state index is 0.639. The molecular weight excluding hydrogens is 282 g/mol. The van der Waals surface area contributed by atoms with E-state index in [4.69, 9.17) is 0 Å². The minimum Gasteiger partial charge on any atom is -0.325 e. The van der Waals surface area contributed by atoms with Gasteiger partial charge in [0.2, 0.25) is 0 Å². The molecule has 0 N–H and O–H groups in total. The van der Waals surface area contributed by atoms with Crippen molar-refractivity contribution in [1.82, 2.24) is 0 Å². The van der Waals surface area contributed by atoms with Gasteiger partial charge in [0, 0.05) is 5.33 Å². The first-order valence-electron chi connectivity index (χ1n) is 4.70. The van der Waals surface area contributed by atoms with Gasteiger partial charge in [0.05, 0.1) is 31.5 Å². The molecule has 0 aromatic rings. The van der Waals surface area contributed by atoms with Gasteiger partial charge in [-0.1, -0.05) is 31.9 Å². The normalized spacial score (nSPS) is 25.2. The van der Waals surface area contributed by atoms with E-state index >= 15 is 0 Å². The molecule has 12 heavy (non-hydrogen) atoms. The number of nitrogens with zero attached hydrogens (tertiary/aromatic N) is 1. The molecule has 0 saturated carbocycles. The van der Waals surface area contributed by atoms with Crippen molar-refractivity contribution in [3.05, 3.63) is 0 Å². The third kappa shape index (κ3) is 3.35. The Bertz CT molecular complexity index is 132. The summed E-state index contributed by atoms with van der Waals surface area (Å²) >= 11 is 7.19. The van der Waals surface area contributed by atoms with Gasteiger partial charge in [-0.3, -0.25) is 0 Å². The van der Waals surface area contributed by atoms with Crippen molar-refractivity contribution < 1.29 is 4.48 Å². The molecule has 1 saturated heterocycles. The molecule has 0 aromatic carbocycles. The standard InChI is InChI=1S/C9H18Br2N/c1-12(8-9(11)7-10)5-3-2-4-6-12/h9H,2-8H2,1H3/q+1. The number of hydrogen-bond acceptors (Lipinski definition) is 0. The Kier molecular flexibility index (Phi) is 4.55. The number of piperidine rings is 1. The number of hydrogen-bond donors (Lipinski definition) is 0.